The molecule has 0 aliphatic heterocycles. The van der Waals surface area contributed by atoms with E-state index in [0.29, 0.717) is 11.4 Å². The van der Waals surface area contributed by atoms with Crippen LogP contribution in [-0.4, -0.2) is 54.1 Å². The summed E-state index contributed by atoms with van der Waals surface area (Å²) in [7, 11) is -3.09. The second kappa shape index (κ2) is 8.35. The summed E-state index contributed by atoms with van der Waals surface area (Å²) in [6, 6.07) is 9.16. The molecule has 0 amide bonds. The van der Waals surface area contributed by atoms with Crippen LogP contribution in [0.25, 0.3) is 10.9 Å². The van der Waals surface area contributed by atoms with Gasteiger partial charge in [0.2, 0.25) is 0 Å². The van der Waals surface area contributed by atoms with Gasteiger partial charge in [-0.15, -0.1) is 0 Å². The molecule has 2 aromatic carbocycles. The van der Waals surface area contributed by atoms with E-state index in [9.17, 15) is 22.9 Å². The van der Waals surface area contributed by atoms with Gasteiger partial charge in [0.05, 0.1) is 12.6 Å². The van der Waals surface area contributed by atoms with Crippen molar-refractivity contribution >= 4 is 38.9 Å². The highest BCUT2D eigenvalue weighted by Crippen LogP contribution is 2.36. The molecule has 11 heteroatoms. The average molecular weight is 432 g/mol. The van der Waals surface area contributed by atoms with Crippen LogP contribution in [0, 0.1) is 0 Å². The van der Waals surface area contributed by atoms with Crippen LogP contribution in [0.1, 0.15) is 5.56 Å². The van der Waals surface area contributed by atoms with Crippen molar-refractivity contribution in [3.63, 3.8) is 0 Å². The first-order chi connectivity index (χ1) is 14.2. The first-order valence-electron chi connectivity index (χ1n) is 8.35. The molecule has 1 heterocycles. The number of pyridine rings is 1. The van der Waals surface area contributed by atoms with Crippen molar-refractivity contribution in [1.29, 1.82) is 0 Å². The molecule has 0 spiro atoms. The van der Waals surface area contributed by atoms with Crippen molar-refractivity contribution in [2.24, 2.45) is 4.99 Å². The largest absolute Gasteiger partial charge is 0.504 e. The van der Waals surface area contributed by atoms with Gasteiger partial charge in [-0.3, -0.25) is 14.5 Å². The molecule has 156 valence electrons. The number of phenolic OH excluding ortho intramolecular Hbond substituents is 1. The maximum absolute atomic E-state index is 11.5. The number of nitrogens with zero attached hydrogens (tertiary/aromatic N) is 2. The monoisotopic (exact) mass is 432 g/mol. The van der Waals surface area contributed by atoms with Crippen LogP contribution in [0.5, 0.6) is 17.2 Å². The smallest absolute Gasteiger partial charge is 0.341 e. The fourth-order valence-electron chi connectivity index (χ4n) is 2.63. The zero-order chi connectivity index (χ0) is 21.9. The molecule has 0 saturated heterocycles. The number of phenols is 1. The summed E-state index contributed by atoms with van der Waals surface area (Å²) in [5.74, 6) is -1.46. The molecule has 30 heavy (non-hydrogen) atoms. The molecule has 0 aliphatic carbocycles. The SMILES string of the molecule is COc1ccccc1N=Cc1c(O)c(OCC(=O)O)cc2ncc(S(=O)(=O)O)cc12. The van der Waals surface area contributed by atoms with E-state index < -0.39 is 33.3 Å². The minimum absolute atomic E-state index is 0.0109. The number of methoxy groups -OCH3 is 1. The van der Waals surface area contributed by atoms with Gasteiger partial charge in [0.25, 0.3) is 10.1 Å². The molecule has 0 saturated carbocycles. The topological polar surface area (TPSA) is 156 Å². The fraction of sp³-hybridized carbons (Fsp3) is 0.105. The number of aromatic hydroxyl groups is 1. The maximum atomic E-state index is 11.5. The van der Waals surface area contributed by atoms with Gasteiger partial charge in [-0.05, 0) is 18.2 Å². The van der Waals surface area contributed by atoms with Crippen molar-refractivity contribution in [3.05, 3.63) is 48.2 Å². The number of hydrogen-bond acceptors (Lipinski definition) is 8. The van der Waals surface area contributed by atoms with Crippen molar-refractivity contribution < 1.29 is 37.5 Å². The van der Waals surface area contributed by atoms with Crippen LogP contribution in [0.2, 0.25) is 0 Å². The molecule has 3 rings (SSSR count). The molecular formula is C19H16N2O8S. The maximum Gasteiger partial charge on any atom is 0.341 e. The van der Waals surface area contributed by atoms with Crippen molar-refractivity contribution in [3.8, 4) is 17.2 Å². The van der Waals surface area contributed by atoms with E-state index in [4.69, 9.17) is 14.6 Å². The number of para-hydroxylation sites is 2. The Bertz CT molecular complexity index is 1250. The number of hydrogen-bond donors (Lipinski definition) is 3. The van der Waals surface area contributed by atoms with Gasteiger partial charge in [0.1, 0.15) is 16.3 Å². The Kier molecular flexibility index (Phi) is 5.85. The number of rotatable bonds is 7. The van der Waals surface area contributed by atoms with Gasteiger partial charge in [-0.2, -0.15) is 8.42 Å². The summed E-state index contributed by atoms with van der Waals surface area (Å²) in [6.45, 7) is -0.717. The van der Waals surface area contributed by atoms with E-state index in [1.807, 2.05) is 0 Å². The Morgan fingerprint density at radius 2 is 1.97 bits per heavy atom. The van der Waals surface area contributed by atoms with Crippen molar-refractivity contribution in [1.82, 2.24) is 4.98 Å². The molecule has 3 aromatic rings. The summed E-state index contributed by atoms with van der Waals surface area (Å²) >= 11 is 0. The van der Waals surface area contributed by atoms with E-state index in [2.05, 4.69) is 9.98 Å². The zero-order valence-electron chi connectivity index (χ0n) is 15.5. The van der Waals surface area contributed by atoms with E-state index in [-0.39, 0.29) is 22.2 Å². The molecule has 0 atom stereocenters. The average Bonchev–Trinajstić information content (AvgIpc) is 2.70. The molecule has 10 nitrogen and oxygen atoms in total. The van der Waals surface area contributed by atoms with Crippen LogP contribution in [-0.2, 0) is 14.9 Å². The van der Waals surface area contributed by atoms with Gasteiger partial charge in [0.15, 0.2) is 18.1 Å². The van der Waals surface area contributed by atoms with Gasteiger partial charge in [0, 0.05) is 29.4 Å². The Morgan fingerprint density at radius 3 is 2.63 bits per heavy atom. The van der Waals surface area contributed by atoms with E-state index in [1.54, 1.807) is 24.3 Å². The third-order valence-corrected chi connectivity index (χ3v) is 4.83. The second-order valence-corrected chi connectivity index (χ2v) is 7.38. The zero-order valence-corrected chi connectivity index (χ0v) is 16.3. The Labute approximate surface area is 170 Å². The summed E-state index contributed by atoms with van der Waals surface area (Å²) < 4.78 is 42.6. The fourth-order valence-corrected chi connectivity index (χ4v) is 3.08. The van der Waals surface area contributed by atoms with E-state index in [1.165, 1.54) is 19.4 Å². The van der Waals surface area contributed by atoms with Gasteiger partial charge < -0.3 is 19.7 Å². The Morgan fingerprint density at radius 1 is 1.23 bits per heavy atom. The number of fused-ring (bicyclic) bond motifs is 1. The number of aromatic nitrogens is 1. The number of ether oxygens (including phenoxy) is 2. The standard InChI is InChI=1S/C19H16N2O8S/c1-28-16-5-3-2-4-14(16)21-9-13-12-6-11(30(25,26)27)8-20-15(12)7-17(19(13)24)29-10-18(22)23/h2-9,24H,10H2,1H3,(H,22,23)(H,25,26,27). The minimum atomic E-state index is -4.55. The third kappa shape index (κ3) is 4.47. The van der Waals surface area contributed by atoms with Crippen LogP contribution in [0.4, 0.5) is 5.69 Å². The van der Waals surface area contributed by atoms with Crippen LogP contribution < -0.4 is 9.47 Å². The van der Waals surface area contributed by atoms with E-state index >= 15 is 0 Å². The third-order valence-electron chi connectivity index (χ3n) is 4.01. The molecule has 3 N–H and O–H groups in total. The van der Waals surface area contributed by atoms with E-state index in [0.717, 1.165) is 12.3 Å². The highest BCUT2D eigenvalue weighted by atomic mass is 32.2. The number of aliphatic imine (C=N–C) groups is 1. The molecule has 0 fully saturated rings. The quantitative estimate of drug-likeness (QED) is 0.377. The predicted octanol–water partition coefficient (Wildman–Crippen LogP) is 2.41. The highest BCUT2D eigenvalue weighted by molar-refractivity contribution is 7.85. The van der Waals surface area contributed by atoms with Gasteiger partial charge in [-0.1, -0.05) is 12.1 Å². The molecule has 1 aromatic heterocycles. The van der Waals surface area contributed by atoms with Crippen molar-refractivity contribution in [2.45, 2.75) is 4.90 Å². The molecule has 0 unspecified atom stereocenters. The minimum Gasteiger partial charge on any atom is -0.504 e. The van der Waals surface area contributed by atoms with Gasteiger partial charge in [-0.25, -0.2) is 4.79 Å². The lowest BCUT2D eigenvalue weighted by Gasteiger charge is -2.12. The lowest BCUT2D eigenvalue weighted by Crippen LogP contribution is -2.10. The van der Waals surface area contributed by atoms with Crippen LogP contribution in [0.3, 0.4) is 0 Å². The molecular weight excluding hydrogens is 416 g/mol. The molecule has 0 aliphatic rings. The summed E-state index contributed by atoms with van der Waals surface area (Å²) in [5.41, 5.74) is 0.613. The molecule has 0 bridgehead atoms. The number of carboxylic acid groups (broad SMARTS) is 1. The number of carboxylic acids is 1. The van der Waals surface area contributed by atoms with Crippen molar-refractivity contribution in [2.75, 3.05) is 13.7 Å². The summed E-state index contributed by atoms with van der Waals surface area (Å²) in [4.78, 5) is 18.6. The Hall–Kier alpha value is -3.70. The second-order valence-electron chi connectivity index (χ2n) is 5.96. The number of benzene rings is 2. The van der Waals surface area contributed by atoms with Crippen LogP contribution in [0.15, 0.2) is 52.5 Å². The molecule has 0 radical (unpaired) electrons. The first-order valence-corrected chi connectivity index (χ1v) is 9.79. The lowest BCUT2D eigenvalue weighted by molar-refractivity contribution is -0.139. The lowest BCUT2D eigenvalue weighted by atomic mass is 10.1. The number of aliphatic carboxylic acids is 1. The normalized spacial score (nSPS) is 11.7. The number of carbonyl (C=O) groups is 1. The van der Waals surface area contributed by atoms with Gasteiger partial charge >= 0.3 is 5.97 Å². The highest BCUT2D eigenvalue weighted by Gasteiger charge is 2.18. The van der Waals surface area contributed by atoms with Crippen LogP contribution >= 0.6 is 0 Å². The first kappa shape index (κ1) is 21.0. The Balaban J connectivity index is 2.22. The summed E-state index contributed by atoms with van der Waals surface area (Å²) in [6.07, 6.45) is 2.16. The summed E-state index contributed by atoms with van der Waals surface area (Å²) in [5, 5.41) is 19.6. The predicted molar refractivity (Wildman–Crippen MR) is 107 cm³/mol.